The van der Waals surface area contributed by atoms with Crippen molar-refractivity contribution in [3.63, 3.8) is 0 Å². The predicted octanol–water partition coefficient (Wildman–Crippen LogP) is 2.51. The molecule has 0 bridgehead atoms. The van der Waals surface area contributed by atoms with Gasteiger partial charge in [-0.25, -0.2) is 0 Å². The van der Waals surface area contributed by atoms with E-state index in [0.29, 0.717) is 0 Å². The number of rotatable bonds is 4. The summed E-state index contributed by atoms with van der Waals surface area (Å²) in [7, 11) is 0. The largest absolute Gasteiger partial charge is 0.327 e. The number of hydrogen-bond acceptors (Lipinski definition) is 2. The highest BCUT2D eigenvalue weighted by molar-refractivity contribution is 9.10. The van der Waals surface area contributed by atoms with Gasteiger partial charge in [0.25, 0.3) is 0 Å². The predicted molar refractivity (Wildman–Crippen MR) is 61.0 cm³/mol. The zero-order valence-corrected chi connectivity index (χ0v) is 9.70. The fourth-order valence-corrected chi connectivity index (χ4v) is 1.90. The Labute approximate surface area is 93.0 Å². The first-order valence-corrected chi connectivity index (χ1v) is 5.89. The SMILES string of the molecule is NC(Cc1ccc(Br)cn1)CC1CC1. The van der Waals surface area contributed by atoms with Gasteiger partial charge in [0, 0.05) is 28.8 Å². The molecule has 2 rings (SSSR count). The minimum Gasteiger partial charge on any atom is -0.327 e. The molecule has 2 nitrogen and oxygen atoms in total. The van der Waals surface area contributed by atoms with Gasteiger partial charge in [0.05, 0.1) is 0 Å². The summed E-state index contributed by atoms with van der Waals surface area (Å²) < 4.78 is 1.03. The van der Waals surface area contributed by atoms with Crippen molar-refractivity contribution in [3.05, 3.63) is 28.5 Å². The van der Waals surface area contributed by atoms with Crippen LogP contribution in [0.25, 0.3) is 0 Å². The molecule has 1 saturated carbocycles. The maximum Gasteiger partial charge on any atom is 0.0419 e. The third-order valence-corrected chi connectivity index (χ3v) is 3.06. The average molecular weight is 255 g/mol. The maximum atomic E-state index is 6.03. The Morgan fingerprint density at radius 3 is 2.86 bits per heavy atom. The van der Waals surface area contributed by atoms with Crippen LogP contribution in [0.5, 0.6) is 0 Å². The van der Waals surface area contributed by atoms with E-state index in [-0.39, 0.29) is 6.04 Å². The van der Waals surface area contributed by atoms with Crippen LogP contribution in [-0.4, -0.2) is 11.0 Å². The van der Waals surface area contributed by atoms with Crippen LogP contribution in [0.3, 0.4) is 0 Å². The number of nitrogens with zero attached hydrogens (tertiary/aromatic N) is 1. The van der Waals surface area contributed by atoms with Gasteiger partial charge < -0.3 is 5.73 Å². The minimum atomic E-state index is 0.288. The fraction of sp³-hybridized carbons (Fsp3) is 0.545. The third kappa shape index (κ3) is 3.07. The number of halogens is 1. The molecule has 0 aromatic carbocycles. The highest BCUT2D eigenvalue weighted by atomic mass is 79.9. The Hall–Kier alpha value is -0.410. The van der Waals surface area contributed by atoms with E-state index in [0.717, 1.165) is 28.9 Å². The van der Waals surface area contributed by atoms with Crippen molar-refractivity contribution >= 4 is 15.9 Å². The molecule has 1 unspecified atom stereocenters. The quantitative estimate of drug-likeness (QED) is 0.897. The first kappa shape index (κ1) is 10.1. The molecule has 1 heterocycles. The Bertz CT molecular complexity index is 293. The molecule has 2 N–H and O–H groups in total. The molecular formula is C11H15BrN2. The van der Waals surface area contributed by atoms with Gasteiger partial charge in [-0.2, -0.15) is 0 Å². The molecule has 0 spiro atoms. The van der Waals surface area contributed by atoms with Crippen molar-refractivity contribution in [2.75, 3.05) is 0 Å². The first-order valence-electron chi connectivity index (χ1n) is 5.10. The van der Waals surface area contributed by atoms with Crippen LogP contribution in [0.2, 0.25) is 0 Å². The van der Waals surface area contributed by atoms with Crippen molar-refractivity contribution in [1.29, 1.82) is 0 Å². The van der Waals surface area contributed by atoms with Gasteiger partial charge in [0.2, 0.25) is 0 Å². The summed E-state index contributed by atoms with van der Waals surface area (Å²) in [4.78, 5) is 4.32. The highest BCUT2D eigenvalue weighted by Crippen LogP contribution is 2.33. The molecule has 0 saturated heterocycles. The molecule has 1 fully saturated rings. The molecule has 0 amide bonds. The normalized spacial score (nSPS) is 18.1. The Morgan fingerprint density at radius 2 is 2.29 bits per heavy atom. The van der Waals surface area contributed by atoms with Crippen LogP contribution >= 0.6 is 15.9 Å². The van der Waals surface area contributed by atoms with Gasteiger partial charge >= 0.3 is 0 Å². The lowest BCUT2D eigenvalue weighted by molar-refractivity contribution is 0.561. The lowest BCUT2D eigenvalue weighted by Gasteiger charge is -2.09. The van der Waals surface area contributed by atoms with Crippen LogP contribution in [0.4, 0.5) is 0 Å². The zero-order valence-electron chi connectivity index (χ0n) is 8.12. The molecule has 0 aliphatic heterocycles. The topological polar surface area (TPSA) is 38.9 Å². The Kier molecular flexibility index (Phi) is 3.19. The third-order valence-electron chi connectivity index (χ3n) is 2.59. The summed E-state index contributed by atoms with van der Waals surface area (Å²) in [5.74, 6) is 0.903. The van der Waals surface area contributed by atoms with E-state index in [9.17, 15) is 0 Å². The summed E-state index contributed by atoms with van der Waals surface area (Å²) in [5.41, 5.74) is 7.13. The highest BCUT2D eigenvalue weighted by Gasteiger charge is 2.23. The average Bonchev–Trinajstić information content (AvgIpc) is 2.93. The molecule has 3 heteroatoms. The molecule has 0 radical (unpaired) electrons. The van der Waals surface area contributed by atoms with Gasteiger partial charge in [-0.3, -0.25) is 4.98 Å². The maximum absolute atomic E-state index is 6.03. The summed E-state index contributed by atoms with van der Waals surface area (Å²) in [6.07, 6.45) is 6.66. The second-order valence-corrected chi connectivity index (χ2v) is 5.03. The van der Waals surface area contributed by atoms with Gasteiger partial charge in [0.15, 0.2) is 0 Å². The van der Waals surface area contributed by atoms with E-state index >= 15 is 0 Å². The van der Waals surface area contributed by atoms with E-state index in [4.69, 9.17) is 5.73 Å². The summed E-state index contributed by atoms with van der Waals surface area (Å²) in [6.45, 7) is 0. The van der Waals surface area contributed by atoms with Gasteiger partial charge in [0.1, 0.15) is 0 Å². The van der Waals surface area contributed by atoms with Crippen molar-refractivity contribution in [2.24, 2.45) is 11.7 Å². The standard InChI is InChI=1S/C11H15BrN2/c12-9-3-4-11(14-7-9)6-10(13)5-8-1-2-8/h3-4,7-8,10H,1-2,5-6,13H2. The number of hydrogen-bond donors (Lipinski definition) is 1. The van der Waals surface area contributed by atoms with Gasteiger partial charge in [-0.05, 0) is 40.4 Å². The first-order chi connectivity index (χ1) is 6.74. The number of pyridine rings is 1. The Balaban J connectivity index is 1.85. The monoisotopic (exact) mass is 254 g/mol. The van der Waals surface area contributed by atoms with Crippen LogP contribution in [-0.2, 0) is 6.42 Å². The van der Waals surface area contributed by atoms with Crippen LogP contribution < -0.4 is 5.73 Å². The second kappa shape index (κ2) is 4.41. The van der Waals surface area contributed by atoms with Gasteiger partial charge in [-0.15, -0.1) is 0 Å². The summed E-state index contributed by atoms with van der Waals surface area (Å²) in [5, 5.41) is 0. The van der Waals surface area contributed by atoms with E-state index in [1.54, 1.807) is 0 Å². The van der Waals surface area contributed by atoms with Crippen molar-refractivity contribution < 1.29 is 0 Å². The number of nitrogens with two attached hydrogens (primary N) is 1. The molecule has 1 aliphatic rings. The molecule has 1 atom stereocenters. The lowest BCUT2D eigenvalue weighted by Crippen LogP contribution is -2.23. The van der Waals surface area contributed by atoms with Crippen LogP contribution in [0.15, 0.2) is 22.8 Å². The molecular weight excluding hydrogens is 240 g/mol. The Morgan fingerprint density at radius 1 is 1.50 bits per heavy atom. The van der Waals surface area contributed by atoms with Gasteiger partial charge in [-0.1, -0.05) is 12.8 Å². The van der Waals surface area contributed by atoms with E-state index in [1.165, 1.54) is 12.8 Å². The summed E-state index contributed by atoms with van der Waals surface area (Å²) >= 11 is 3.37. The van der Waals surface area contributed by atoms with Crippen molar-refractivity contribution in [2.45, 2.75) is 31.7 Å². The molecule has 76 valence electrons. The van der Waals surface area contributed by atoms with E-state index in [2.05, 4.69) is 20.9 Å². The smallest absolute Gasteiger partial charge is 0.0419 e. The molecule has 1 aromatic rings. The summed E-state index contributed by atoms with van der Waals surface area (Å²) in [6, 6.07) is 4.35. The molecule has 14 heavy (non-hydrogen) atoms. The molecule has 1 aromatic heterocycles. The van der Waals surface area contributed by atoms with E-state index in [1.807, 2.05) is 18.3 Å². The lowest BCUT2D eigenvalue weighted by atomic mass is 10.1. The second-order valence-electron chi connectivity index (χ2n) is 4.11. The zero-order chi connectivity index (χ0) is 9.97. The molecule has 1 aliphatic carbocycles. The fourth-order valence-electron chi connectivity index (χ4n) is 1.66. The van der Waals surface area contributed by atoms with E-state index < -0.39 is 0 Å². The van der Waals surface area contributed by atoms with Crippen LogP contribution in [0.1, 0.15) is 25.0 Å². The minimum absolute atomic E-state index is 0.288. The van der Waals surface area contributed by atoms with Crippen LogP contribution in [0, 0.1) is 5.92 Å². The number of aromatic nitrogens is 1. The van der Waals surface area contributed by atoms with Crippen molar-refractivity contribution in [1.82, 2.24) is 4.98 Å². The van der Waals surface area contributed by atoms with Crippen molar-refractivity contribution in [3.8, 4) is 0 Å².